The minimum absolute atomic E-state index is 0.0538. The average molecular weight is 364 g/mol. The van der Waals surface area contributed by atoms with Crippen LogP contribution in [0.15, 0.2) is 48.8 Å². The van der Waals surface area contributed by atoms with Gasteiger partial charge in [0.1, 0.15) is 23.5 Å². The molecule has 0 saturated heterocycles. The van der Waals surface area contributed by atoms with Crippen molar-refractivity contribution in [1.82, 2.24) is 14.4 Å². The maximum atomic E-state index is 14.6. The van der Waals surface area contributed by atoms with E-state index in [4.69, 9.17) is 0 Å². The molecular formula is C20H11F3N4. The Balaban J connectivity index is 2.19. The van der Waals surface area contributed by atoms with Gasteiger partial charge < -0.3 is 0 Å². The highest BCUT2D eigenvalue weighted by Crippen LogP contribution is 2.37. The van der Waals surface area contributed by atoms with E-state index >= 15 is 0 Å². The predicted octanol–water partition coefficient (Wildman–Crippen LogP) is 4.66. The van der Waals surface area contributed by atoms with E-state index in [1.54, 1.807) is 22.7 Å². The molecule has 0 unspecified atom stereocenters. The van der Waals surface area contributed by atoms with Crippen molar-refractivity contribution < 1.29 is 13.2 Å². The Labute approximate surface area is 152 Å². The lowest BCUT2D eigenvalue weighted by molar-refractivity contribution is 0.548. The number of hydrogen-bond donors (Lipinski definition) is 0. The summed E-state index contributed by atoms with van der Waals surface area (Å²) in [6.45, 7) is 1.91. The van der Waals surface area contributed by atoms with Gasteiger partial charge >= 0.3 is 0 Å². The van der Waals surface area contributed by atoms with Crippen molar-refractivity contribution in [3.05, 3.63) is 77.5 Å². The third-order valence-corrected chi connectivity index (χ3v) is 4.24. The van der Waals surface area contributed by atoms with Crippen LogP contribution < -0.4 is 0 Å². The number of aromatic nitrogens is 3. The fraction of sp³-hybridized carbons (Fsp3) is 0.0500. The second-order valence-electron chi connectivity index (χ2n) is 6.00. The first-order chi connectivity index (χ1) is 13.0. The molecule has 0 aliphatic carbocycles. The minimum Gasteiger partial charge on any atom is -0.283 e. The summed E-state index contributed by atoms with van der Waals surface area (Å²) < 4.78 is 44.1. The zero-order chi connectivity index (χ0) is 19.1. The summed E-state index contributed by atoms with van der Waals surface area (Å²) in [6.07, 6.45) is 3.06. The van der Waals surface area contributed by atoms with Crippen LogP contribution in [-0.4, -0.2) is 14.4 Å². The van der Waals surface area contributed by atoms with E-state index in [2.05, 4.69) is 9.97 Å². The predicted molar refractivity (Wildman–Crippen MR) is 93.2 cm³/mol. The van der Waals surface area contributed by atoms with E-state index in [0.29, 0.717) is 23.4 Å². The van der Waals surface area contributed by atoms with Crippen molar-refractivity contribution in [3.8, 4) is 28.5 Å². The number of nitriles is 1. The highest BCUT2D eigenvalue weighted by Gasteiger charge is 2.24. The average Bonchev–Trinajstić information content (AvgIpc) is 3.09. The fourth-order valence-corrected chi connectivity index (χ4v) is 3.03. The van der Waals surface area contributed by atoms with E-state index in [0.717, 1.165) is 5.56 Å². The Kier molecular flexibility index (Phi) is 3.89. The van der Waals surface area contributed by atoms with Crippen LogP contribution in [0.3, 0.4) is 0 Å². The molecule has 132 valence electrons. The van der Waals surface area contributed by atoms with Crippen LogP contribution in [0.25, 0.3) is 28.2 Å². The number of rotatable bonds is 2. The van der Waals surface area contributed by atoms with Gasteiger partial charge in [-0.1, -0.05) is 29.8 Å². The summed E-state index contributed by atoms with van der Waals surface area (Å²) >= 11 is 0. The number of benzene rings is 2. The molecule has 0 aliphatic rings. The molecule has 0 bridgehead atoms. The van der Waals surface area contributed by atoms with Crippen molar-refractivity contribution in [3.63, 3.8) is 0 Å². The molecule has 0 fully saturated rings. The number of fused-ring (bicyclic) bond motifs is 1. The molecule has 4 rings (SSSR count). The van der Waals surface area contributed by atoms with Gasteiger partial charge in [0.2, 0.25) is 5.78 Å². The van der Waals surface area contributed by atoms with Crippen LogP contribution in [0.2, 0.25) is 0 Å². The molecule has 2 aromatic heterocycles. The zero-order valence-corrected chi connectivity index (χ0v) is 14.0. The van der Waals surface area contributed by atoms with Gasteiger partial charge in [0.05, 0.1) is 11.3 Å². The zero-order valence-electron chi connectivity index (χ0n) is 14.0. The minimum atomic E-state index is -1.11. The van der Waals surface area contributed by atoms with Crippen LogP contribution in [0, 0.1) is 35.7 Å². The largest absolute Gasteiger partial charge is 0.283 e. The van der Waals surface area contributed by atoms with Gasteiger partial charge in [-0.15, -0.1) is 0 Å². The monoisotopic (exact) mass is 364 g/mol. The van der Waals surface area contributed by atoms with Gasteiger partial charge in [-0.3, -0.25) is 4.40 Å². The topological polar surface area (TPSA) is 54.0 Å². The number of halogens is 3. The quantitative estimate of drug-likeness (QED) is 0.520. The lowest BCUT2D eigenvalue weighted by Gasteiger charge is -2.15. The summed E-state index contributed by atoms with van der Waals surface area (Å²) in [5.74, 6) is -3.05. The van der Waals surface area contributed by atoms with E-state index in [1.807, 2.05) is 25.1 Å². The second-order valence-corrected chi connectivity index (χ2v) is 6.00. The first-order valence-electron chi connectivity index (χ1n) is 7.98. The third kappa shape index (κ3) is 2.72. The maximum Gasteiger partial charge on any atom is 0.235 e. The SMILES string of the molecule is Cc1ccc(-c2c(-c3c(F)cc(F)cc3F)c(C#N)nc3nccn23)cc1. The Bertz CT molecular complexity index is 1200. The van der Waals surface area contributed by atoms with E-state index in [9.17, 15) is 18.4 Å². The van der Waals surface area contributed by atoms with Crippen LogP contribution in [0.5, 0.6) is 0 Å². The molecule has 2 heterocycles. The summed E-state index contributed by atoms with van der Waals surface area (Å²) in [7, 11) is 0. The highest BCUT2D eigenvalue weighted by molar-refractivity contribution is 5.86. The van der Waals surface area contributed by atoms with E-state index < -0.39 is 23.0 Å². The summed E-state index contributed by atoms with van der Waals surface area (Å²) in [4.78, 5) is 8.18. The van der Waals surface area contributed by atoms with Gasteiger partial charge in [0.25, 0.3) is 0 Å². The molecule has 27 heavy (non-hydrogen) atoms. The van der Waals surface area contributed by atoms with Crippen LogP contribution in [-0.2, 0) is 0 Å². The Hall–Kier alpha value is -3.66. The molecule has 0 atom stereocenters. The standard InChI is InChI=1S/C20H11F3N4/c1-11-2-4-12(5-3-11)19-18(17-14(22)8-13(21)9-15(17)23)16(10-24)26-20-25-6-7-27(19)20/h2-9H,1H3. The van der Waals surface area contributed by atoms with Crippen LogP contribution in [0.4, 0.5) is 13.2 Å². The molecule has 0 aliphatic heterocycles. The van der Waals surface area contributed by atoms with Crippen molar-refractivity contribution in [2.45, 2.75) is 6.92 Å². The van der Waals surface area contributed by atoms with Gasteiger partial charge in [-0.25, -0.2) is 23.1 Å². The highest BCUT2D eigenvalue weighted by atomic mass is 19.1. The molecule has 0 N–H and O–H groups in total. The van der Waals surface area contributed by atoms with Crippen LogP contribution >= 0.6 is 0 Å². The molecule has 0 spiro atoms. The van der Waals surface area contributed by atoms with Crippen molar-refractivity contribution in [2.75, 3.05) is 0 Å². The second kappa shape index (κ2) is 6.25. The maximum absolute atomic E-state index is 14.6. The van der Waals surface area contributed by atoms with E-state index in [-0.39, 0.29) is 17.0 Å². The first-order valence-corrected chi connectivity index (χ1v) is 7.98. The number of imidazole rings is 1. The molecule has 4 aromatic rings. The number of hydrogen-bond acceptors (Lipinski definition) is 3. The molecule has 2 aromatic carbocycles. The van der Waals surface area contributed by atoms with Crippen molar-refractivity contribution in [2.24, 2.45) is 0 Å². The number of nitrogens with zero attached hydrogens (tertiary/aromatic N) is 4. The van der Waals surface area contributed by atoms with Gasteiger partial charge in [-0.05, 0) is 12.5 Å². The Morgan fingerprint density at radius 3 is 2.30 bits per heavy atom. The molecule has 7 heteroatoms. The molecular weight excluding hydrogens is 353 g/mol. The Morgan fingerprint density at radius 2 is 1.67 bits per heavy atom. The normalized spacial score (nSPS) is 10.9. The summed E-state index contributed by atoms with van der Waals surface area (Å²) in [5, 5.41) is 9.56. The molecule has 0 amide bonds. The van der Waals surface area contributed by atoms with Gasteiger partial charge in [-0.2, -0.15) is 5.26 Å². The summed E-state index contributed by atoms with van der Waals surface area (Å²) in [5.41, 5.74) is 1.19. The number of aryl methyl sites for hydroxylation is 1. The van der Waals surface area contributed by atoms with Crippen molar-refractivity contribution in [1.29, 1.82) is 5.26 Å². The molecule has 4 nitrogen and oxygen atoms in total. The lowest BCUT2D eigenvalue weighted by atomic mass is 9.96. The van der Waals surface area contributed by atoms with Gasteiger partial charge in [0.15, 0.2) is 5.69 Å². The first kappa shape index (κ1) is 16.8. The lowest BCUT2D eigenvalue weighted by Crippen LogP contribution is -2.05. The van der Waals surface area contributed by atoms with Gasteiger partial charge in [0, 0.05) is 30.1 Å². The molecule has 0 radical (unpaired) electrons. The third-order valence-electron chi connectivity index (χ3n) is 4.24. The fourth-order valence-electron chi connectivity index (χ4n) is 3.03. The molecule has 0 saturated carbocycles. The van der Waals surface area contributed by atoms with E-state index in [1.165, 1.54) is 6.20 Å². The van der Waals surface area contributed by atoms with Crippen molar-refractivity contribution >= 4 is 5.78 Å². The van der Waals surface area contributed by atoms with Crippen LogP contribution in [0.1, 0.15) is 11.3 Å². The smallest absolute Gasteiger partial charge is 0.235 e. The Morgan fingerprint density at radius 1 is 1.00 bits per heavy atom. The summed E-state index contributed by atoms with van der Waals surface area (Å²) in [6, 6.07) is 10.3.